The van der Waals surface area contributed by atoms with E-state index >= 15 is 0 Å². The summed E-state index contributed by atoms with van der Waals surface area (Å²) in [5.41, 5.74) is 6.32. The molecule has 9 heteroatoms. The molecule has 1 unspecified atom stereocenters. The van der Waals surface area contributed by atoms with Crippen molar-refractivity contribution in [3.05, 3.63) is 90.0 Å². The first-order valence-corrected chi connectivity index (χ1v) is 12.6. The van der Waals surface area contributed by atoms with Gasteiger partial charge in [0.05, 0.1) is 45.9 Å². The van der Waals surface area contributed by atoms with Crippen LogP contribution in [0.2, 0.25) is 0 Å². The molecule has 0 fully saturated rings. The normalized spacial score (nSPS) is 14.4. The van der Waals surface area contributed by atoms with E-state index in [0.717, 1.165) is 27.8 Å². The monoisotopic (exact) mass is 543 g/mol. The fourth-order valence-electron chi connectivity index (χ4n) is 4.76. The first kappa shape index (κ1) is 26.0. The predicted molar refractivity (Wildman–Crippen MR) is 157 cm³/mol. The van der Waals surface area contributed by atoms with Crippen molar-refractivity contribution in [3.8, 4) is 28.7 Å². The van der Waals surface area contributed by atoms with Crippen LogP contribution in [0.1, 0.15) is 17.2 Å². The predicted octanol–water partition coefficient (Wildman–Crippen LogP) is 5.88. The molecule has 4 aromatic carbocycles. The Bertz CT molecular complexity index is 1570. The molecule has 0 saturated heterocycles. The maximum atomic E-state index is 10.9. The van der Waals surface area contributed by atoms with Crippen LogP contribution in [0.5, 0.6) is 28.7 Å². The topological polar surface area (TPSA) is 84.5 Å². The van der Waals surface area contributed by atoms with E-state index < -0.39 is 0 Å². The summed E-state index contributed by atoms with van der Waals surface area (Å²) in [5.74, 6) is 2.41. The smallest absolute Gasteiger partial charge is 0.193 e. The van der Waals surface area contributed by atoms with Crippen LogP contribution in [0.3, 0.4) is 0 Å². The molecule has 3 N–H and O–H groups in total. The van der Waals surface area contributed by atoms with E-state index in [9.17, 15) is 5.11 Å². The lowest BCUT2D eigenvalue weighted by molar-refractivity contribution is 0.345. The number of phenols is 1. The number of fused-ring (bicyclic) bond motifs is 1. The third kappa shape index (κ3) is 4.84. The third-order valence-corrected chi connectivity index (χ3v) is 6.96. The molecule has 0 aliphatic carbocycles. The number of hydrogen-bond acceptors (Lipinski definition) is 7. The number of phenolic OH excluding ortho intramolecular Hbond substituents is 1. The minimum Gasteiger partial charge on any atom is -0.507 e. The maximum Gasteiger partial charge on any atom is 0.193 e. The zero-order chi connectivity index (χ0) is 27.5. The number of hydrazine groups is 1. The van der Waals surface area contributed by atoms with E-state index in [2.05, 4.69) is 16.8 Å². The summed E-state index contributed by atoms with van der Waals surface area (Å²) in [6.45, 7) is 0. The van der Waals surface area contributed by atoms with Gasteiger partial charge in [-0.3, -0.25) is 10.4 Å². The Kier molecular flexibility index (Phi) is 7.33. The third-order valence-electron chi connectivity index (χ3n) is 6.66. The molecule has 0 saturated carbocycles. The van der Waals surface area contributed by atoms with Gasteiger partial charge in [-0.05, 0) is 53.5 Å². The number of aromatic hydroxyl groups is 1. The first-order chi connectivity index (χ1) is 19.0. The molecular weight excluding hydrogens is 514 g/mol. The number of thiocarbonyl (C=S) groups is 1. The zero-order valence-electron chi connectivity index (χ0n) is 22.0. The minimum absolute atomic E-state index is 0.0372. The van der Waals surface area contributed by atoms with Crippen LogP contribution < -0.4 is 29.7 Å². The molecule has 0 bridgehead atoms. The zero-order valence-corrected chi connectivity index (χ0v) is 22.8. The highest BCUT2D eigenvalue weighted by Gasteiger charge is 2.32. The quantitative estimate of drug-likeness (QED) is 0.248. The molecular formula is C30H29N3O5S. The van der Waals surface area contributed by atoms with Gasteiger partial charge in [0.1, 0.15) is 17.2 Å². The number of nitrogens with zero attached hydrogens (tertiary/aromatic N) is 1. The molecule has 0 radical (unpaired) electrons. The van der Waals surface area contributed by atoms with Gasteiger partial charge in [-0.15, -0.1) is 0 Å². The van der Waals surface area contributed by atoms with Gasteiger partial charge in [0.2, 0.25) is 0 Å². The van der Waals surface area contributed by atoms with E-state index in [1.165, 1.54) is 13.2 Å². The molecule has 5 rings (SSSR count). The van der Waals surface area contributed by atoms with Crippen LogP contribution in [0, 0.1) is 0 Å². The van der Waals surface area contributed by atoms with Crippen molar-refractivity contribution in [1.29, 1.82) is 0 Å². The van der Waals surface area contributed by atoms with Crippen molar-refractivity contribution < 1.29 is 24.1 Å². The molecule has 4 aromatic rings. The van der Waals surface area contributed by atoms with Crippen molar-refractivity contribution in [1.82, 2.24) is 10.4 Å². The Balaban J connectivity index is 1.62. The Morgan fingerprint density at radius 3 is 2.15 bits per heavy atom. The highest BCUT2D eigenvalue weighted by Crippen LogP contribution is 2.42. The van der Waals surface area contributed by atoms with Gasteiger partial charge in [0, 0.05) is 17.0 Å². The van der Waals surface area contributed by atoms with Gasteiger partial charge >= 0.3 is 0 Å². The molecule has 0 amide bonds. The van der Waals surface area contributed by atoms with E-state index in [-0.39, 0.29) is 11.8 Å². The molecule has 0 spiro atoms. The maximum absolute atomic E-state index is 10.9. The van der Waals surface area contributed by atoms with E-state index in [0.29, 0.717) is 33.6 Å². The number of anilines is 1. The molecule has 1 atom stereocenters. The van der Waals surface area contributed by atoms with Crippen LogP contribution >= 0.6 is 12.2 Å². The second kappa shape index (κ2) is 11.0. The number of benzene rings is 4. The molecule has 200 valence electrons. The SMILES string of the molecule is COc1ccccc1NC(=S)N1NC(c2cc(OC)c(OC)cc2O)=CC1c1ccc(OC)c2ccccc12. The second-order valence-corrected chi connectivity index (χ2v) is 9.15. The van der Waals surface area contributed by atoms with Crippen molar-refractivity contribution in [2.24, 2.45) is 0 Å². The molecule has 1 aliphatic heterocycles. The Labute approximate surface area is 232 Å². The molecule has 1 heterocycles. The van der Waals surface area contributed by atoms with Crippen molar-refractivity contribution in [3.63, 3.8) is 0 Å². The number of rotatable bonds is 7. The number of para-hydroxylation sites is 2. The second-order valence-electron chi connectivity index (χ2n) is 8.76. The van der Waals surface area contributed by atoms with Crippen LogP contribution in [0.4, 0.5) is 5.69 Å². The Morgan fingerprint density at radius 2 is 1.44 bits per heavy atom. The van der Waals surface area contributed by atoms with Crippen molar-refractivity contribution in [2.45, 2.75) is 6.04 Å². The average molecular weight is 544 g/mol. The minimum atomic E-state index is -0.335. The summed E-state index contributed by atoms with van der Waals surface area (Å²) in [5, 5.41) is 18.5. The lowest BCUT2D eigenvalue weighted by Crippen LogP contribution is -2.42. The van der Waals surface area contributed by atoms with Crippen molar-refractivity contribution in [2.75, 3.05) is 33.8 Å². The largest absolute Gasteiger partial charge is 0.507 e. The number of nitrogens with one attached hydrogen (secondary N) is 2. The highest BCUT2D eigenvalue weighted by atomic mass is 32.1. The van der Waals surface area contributed by atoms with Gasteiger partial charge in [-0.25, -0.2) is 0 Å². The lowest BCUT2D eigenvalue weighted by atomic mass is 9.97. The van der Waals surface area contributed by atoms with Crippen LogP contribution in [-0.2, 0) is 0 Å². The van der Waals surface area contributed by atoms with E-state index in [1.807, 2.05) is 65.7 Å². The summed E-state index contributed by atoms with van der Waals surface area (Å²) in [6.07, 6.45) is 2.02. The fourth-order valence-corrected chi connectivity index (χ4v) is 5.03. The summed E-state index contributed by atoms with van der Waals surface area (Å²) < 4.78 is 22.0. The van der Waals surface area contributed by atoms with Gasteiger partial charge in [-0.2, -0.15) is 0 Å². The summed E-state index contributed by atoms with van der Waals surface area (Å²) >= 11 is 5.91. The average Bonchev–Trinajstić information content (AvgIpc) is 3.41. The van der Waals surface area contributed by atoms with E-state index in [1.54, 1.807) is 27.4 Å². The highest BCUT2D eigenvalue weighted by molar-refractivity contribution is 7.80. The summed E-state index contributed by atoms with van der Waals surface area (Å²) in [7, 11) is 6.36. The standard InChI is InChI=1S/C30H29N3O5S/c1-35-26-14-13-19(18-9-5-6-10-20(18)26)24-16-23(21-15-28(37-3)29(38-4)17-25(21)34)32-33(24)30(39)31-22-11-7-8-12-27(22)36-2/h5-17,24,32,34H,1-4H3,(H,31,39). The Hall–Kier alpha value is -4.63. The first-order valence-electron chi connectivity index (χ1n) is 12.2. The Morgan fingerprint density at radius 1 is 0.795 bits per heavy atom. The number of ether oxygens (including phenoxy) is 4. The summed E-state index contributed by atoms with van der Waals surface area (Å²) in [4.78, 5) is 0. The lowest BCUT2D eigenvalue weighted by Gasteiger charge is -2.29. The van der Waals surface area contributed by atoms with Gasteiger partial charge in [0.15, 0.2) is 16.6 Å². The van der Waals surface area contributed by atoms with E-state index in [4.69, 9.17) is 31.2 Å². The van der Waals surface area contributed by atoms with Crippen molar-refractivity contribution >= 4 is 39.5 Å². The van der Waals surface area contributed by atoms with Gasteiger partial charge in [0.25, 0.3) is 0 Å². The molecule has 0 aromatic heterocycles. The molecule has 39 heavy (non-hydrogen) atoms. The van der Waals surface area contributed by atoms with Crippen LogP contribution in [0.25, 0.3) is 16.5 Å². The number of hydrogen-bond donors (Lipinski definition) is 3. The molecule has 8 nitrogen and oxygen atoms in total. The van der Waals surface area contributed by atoms with Crippen LogP contribution in [-0.4, -0.2) is 43.7 Å². The number of methoxy groups -OCH3 is 4. The fraction of sp³-hybridized carbons (Fsp3) is 0.167. The summed E-state index contributed by atoms with van der Waals surface area (Å²) in [6, 6.07) is 22.5. The van der Waals surface area contributed by atoms with Gasteiger partial charge in [-0.1, -0.05) is 42.5 Å². The molecule has 1 aliphatic rings. The van der Waals surface area contributed by atoms with Gasteiger partial charge < -0.3 is 29.4 Å². The van der Waals surface area contributed by atoms with Crippen LogP contribution in [0.15, 0.2) is 78.9 Å².